The Bertz CT molecular complexity index is 534. The Hall–Kier alpha value is -2.14. The van der Waals surface area contributed by atoms with Crippen LogP contribution >= 0.6 is 0 Å². The molecule has 2 aromatic rings. The number of hydrogen-bond donors (Lipinski definition) is 2. The first-order valence-corrected chi connectivity index (χ1v) is 6.07. The minimum absolute atomic E-state index is 0.191. The van der Waals surface area contributed by atoms with Gasteiger partial charge < -0.3 is 16.2 Å². The second-order valence-electron chi connectivity index (χ2n) is 4.45. The van der Waals surface area contributed by atoms with E-state index in [2.05, 4.69) is 9.97 Å². The lowest BCUT2D eigenvalue weighted by Crippen LogP contribution is -2.17. The molecule has 0 amide bonds. The molecule has 1 unspecified atom stereocenters. The fourth-order valence-corrected chi connectivity index (χ4v) is 2.08. The average Bonchev–Trinajstić information content (AvgIpc) is 2.39. The van der Waals surface area contributed by atoms with Crippen molar-refractivity contribution in [3.8, 4) is 5.88 Å². The molecule has 0 spiro atoms. The van der Waals surface area contributed by atoms with Crippen molar-refractivity contribution in [1.29, 1.82) is 0 Å². The smallest absolute Gasteiger partial charge is 0.212 e. The van der Waals surface area contributed by atoms with Gasteiger partial charge >= 0.3 is 0 Å². The predicted octanol–water partition coefficient (Wildman–Crippen LogP) is 1.62. The van der Waals surface area contributed by atoms with Gasteiger partial charge in [-0.1, -0.05) is 6.07 Å². The van der Waals surface area contributed by atoms with Crippen molar-refractivity contribution >= 4 is 5.82 Å². The van der Waals surface area contributed by atoms with Gasteiger partial charge in [0.2, 0.25) is 5.88 Å². The highest BCUT2D eigenvalue weighted by molar-refractivity contribution is 5.46. The van der Waals surface area contributed by atoms with E-state index in [0.29, 0.717) is 18.1 Å². The first-order chi connectivity index (χ1) is 9.11. The van der Waals surface area contributed by atoms with E-state index in [1.54, 1.807) is 19.5 Å². The molecule has 0 bridgehead atoms. The SMILES string of the molecule is COc1ccc(CC(N)c2c(C)ccnc2N)cn1. The van der Waals surface area contributed by atoms with E-state index in [0.717, 1.165) is 16.7 Å². The Kier molecular flexibility index (Phi) is 3.97. The molecule has 0 aliphatic rings. The van der Waals surface area contributed by atoms with Crippen molar-refractivity contribution in [3.05, 3.63) is 47.3 Å². The Balaban J connectivity index is 2.18. The second-order valence-corrected chi connectivity index (χ2v) is 4.45. The van der Waals surface area contributed by atoms with Crippen LogP contribution in [0.2, 0.25) is 0 Å². The van der Waals surface area contributed by atoms with Gasteiger partial charge in [-0.05, 0) is 30.5 Å². The Morgan fingerprint density at radius 2 is 2.05 bits per heavy atom. The zero-order valence-corrected chi connectivity index (χ0v) is 11.1. The fraction of sp³-hybridized carbons (Fsp3) is 0.286. The van der Waals surface area contributed by atoms with E-state index in [-0.39, 0.29) is 6.04 Å². The first kappa shape index (κ1) is 13.3. The Morgan fingerprint density at radius 3 is 2.63 bits per heavy atom. The average molecular weight is 258 g/mol. The lowest BCUT2D eigenvalue weighted by molar-refractivity contribution is 0.397. The maximum atomic E-state index is 6.22. The molecule has 5 heteroatoms. The van der Waals surface area contributed by atoms with Crippen LogP contribution in [0.3, 0.4) is 0 Å². The summed E-state index contributed by atoms with van der Waals surface area (Å²) >= 11 is 0. The molecular weight excluding hydrogens is 240 g/mol. The minimum atomic E-state index is -0.191. The van der Waals surface area contributed by atoms with Gasteiger partial charge in [-0.15, -0.1) is 0 Å². The minimum Gasteiger partial charge on any atom is -0.481 e. The number of nitrogens with zero attached hydrogens (tertiary/aromatic N) is 2. The van der Waals surface area contributed by atoms with Crippen LogP contribution in [0.25, 0.3) is 0 Å². The van der Waals surface area contributed by atoms with Crippen LogP contribution in [0.4, 0.5) is 5.82 Å². The maximum Gasteiger partial charge on any atom is 0.212 e. The lowest BCUT2D eigenvalue weighted by atomic mass is 9.97. The quantitative estimate of drug-likeness (QED) is 0.870. The molecule has 0 aliphatic carbocycles. The summed E-state index contributed by atoms with van der Waals surface area (Å²) in [6.07, 6.45) is 4.12. The molecule has 0 aliphatic heterocycles. The Morgan fingerprint density at radius 1 is 1.26 bits per heavy atom. The van der Waals surface area contributed by atoms with Gasteiger partial charge in [-0.25, -0.2) is 9.97 Å². The van der Waals surface area contributed by atoms with Crippen molar-refractivity contribution < 1.29 is 4.74 Å². The molecule has 2 rings (SSSR count). The van der Waals surface area contributed by atoms with Crippen molar-refractivity contribution in [3.63, 3.8) is 0 Å². The highest BCUT2D eigenvalue weighted by Crippen LogP contribution is 2.23. The number of anilines is 1. The molecule has 0 radical (unpaired) electrons. The number of nitrogen functional groups attached to an aromatic ring is 1. The van der Waals surface area contributed by atoms with Gasteiger partial charge in [-0.2, -0.15) is 0 Å². The number of ether oxygens (including phenoxy) is 1. The summed E-state index contributed by atoms with van der Waals surface area (Å²) in [5.74, 6) is 1.09. The fourth-order valence-electron chi connectivity index (χ4n) is 2.08. The summed E-state index contributed by atoms with van der Waals surface area (Å²) in [7, 11) is 1.59. The maximum absolute atomic E-state index is 6.22. The normalized spacial score (nSPS) is 12.2. The molecule has 19 heavy (non-hydrogen) atoms. The van der Waals surface area contributed by atoms with Crippen LogP contribution < -0.4 is 16.2 Å². The third-order valence-electron chi connectivity index (χ3n) is 3.07. The van der Waals surface area contributed by atoms with E-state index in [1.807, 2.05) is 25.1 Å². The van der Waals surface area contributed by atoms with Gasteiger partial charge in [0.15, 0.2) is 0 Å². The monoisotopic (exact) mass is 258 g/mol. The van der Waals surface area contributed by atoms with Crippen LogP contribution in [0.1, 0.15) is 22.7 Å². The number of pyridine rings is 2. The third kappa shape index (κ3) is 3.00. The van der Waals surface area contributed by atoms with Gasteiger partial charge in [0.05, 0.1) is 7.11 Å². The van der Waals surface area contributed by atoms with Gasteiger partial charge in [0, 0.05) is 30.1 Å². The summed E-state index contributed by atoms with van der Waals surface area (Å²) in [5.41, 5.74) is 15.1. The highest BCUT2D eigenvalue weighted by Gasteiger charge is 2.14. The van der Waals surface area contributed by atoms with Crippen molar-refractivity contribution in [2.24, 2.45) is 5.73 Å². The van der Waals surface area contributed by atoms with Crippen LogP contribution in [-0.2, 0) is 6.42 Å². The van der Waals surface area contributed by atoms with Crippen molar-refractivity contribution in [2.45, 2.75) is 19.4 Å². The van der Waals surface area contributed by atoms with Gasteiger partial charge in [0.25, 0.3) is 0 Å². The van der Waals surface area contributed by atoms with Gasteiger partial charge in [-0.3, -0.25) is 0 Å². The van der Waals surface area contributed by atoms with E-state index < -0.39 is 0 Å². The van der Waals surface area contributed by atoms with Crippen molar-refractivity contribution in [2.75, 3.05) is 12.8 Å². The number of aryl methyl sites for hydroxylation is 1. The lowest BCUT2D eigenvalue weighted by Gasteiger charge is -2.16. The molecule has 4 N–H and O–H groups in total. The molecule has 0 aromatic carbocycles. The molecular formula is C14H18N4O. The van der Waals surface area contributed by atoms with Crippen LogP contribution in [0, 0.1) is 6.92 Å². The molecule has 5 nitrogen and oxygen atoms in total. The zero-order chi connectivity index (χ0) is 13.8. The zero-order valence-electron chi connectivity index (χ0n) is 11.1. The van der Waals surface area contributed by atoms with E-state index in [9.17, 15) is 0 Å². The molecule has 0 fully saturated rings. The third-order valence-corrected chi connectivity index (χ3v) is 3.07. The summed E-state index contributed by atoms with van der Waals surface area (Å²) in [5, 5.41) is 0. The standard InChI is InChI=1S/C14H18N4O/c1-9-5-6-17-14(16)13(9)11(15)7-10-3-4-12(19-2)18-8-10/h3-6,8,11H,7,15H2,1-2H3,(H2,16,17). The molecule has 1 atom stereocenters. The number of rotatable bonds is 4. The first-order valence-electron chi connectivity index (χ1n) is 6.07. The predicted molar refractivity (Wildman–Crippen MR) is 74.8 cm³/mol. The van der Waals surface area contributed by atoms with Crippen LogP contribution in [0.15, 0.2) is 30.6 Å². The molecule has 0 saturated heterocycles. The number of aromatic nitrogens is 2. The summed E-state index contributed by atoms with van der Waals surface area (Å²) in [4.78, 5) is 8.26. The Labute approximate surface area is 112 Å². The molecule has 0 saturated carbocycles. The van der Waals surface area contributed by atoms with E-state index in [1.165, 1.54) is 0 Å². The van der Waals surface area contributed by atoms with Crippen LogP contribution in [0.5, 0.6) is 5.88 Å². The van der Waals surface area contributed by atoms with E-state index >= 15 is 0 Å². The van der Waals surface area contributed by atoms with E-state index in [4.69, 9.17) is 16.2 Å². The van der Waals surface area contributed by atoms with Crippen LogP contribution in [-0.4, -0.2) is 17.1 Å². The molecule has 2 aromatic heterocycles. The highest BCUT2D eigenvalue weighted by atomic mass is 16.5. The molecule has 2 heterocycles. The summed E-state index contributed by atoms with van der Waals surface area (Å²) in [6, 6.07) is 5.50. The van der Waals surface area contributed by atoms with Gasteiger partial charge in [0.1, 0.15) is 5.82 Å². The summed E-state index contributed by atoms with van der Waals surface area (Å²) in [6.45, 7) is 1.99. The number of hydrogen-bond acceptors (Lipinski definition) is 5. The number of methoxy groups -OCH3 is 1. The second kappa shape index (κ2) is 5.67. The summed E-state index contributed by atoms with van der Waals surface area (Å²) < 4.78 is 5.02. The van der Waals surface area contributed by atoms with Crippen molar-refractivity contribution in [1.82, 2.24) is 9.97 Å². The number of nitrogens with two attached hydrogens (primary N) is 2. The topological polar surface area (TPSA) is 87.0 Å². The largest absolute Gasteiger partial charge is 0.481 e. The molecule has 100 valence electrons.